The van der Waals surface area contributed by atoms with Crippen LogP contribution in [0, 0.1) is 27.5 Å². The summed E-state index contributed by atoms with van der Waals surface area (Å²) in [6.45, 7) is 6.06. The van der Waals surface area contributed by atoms with Crippen LogP contribution in [0.15, 0.2) is 205 Å². The van der Waals surface area contributed by atoms with Gasteiger partial charge in [-0.2, -0.15) is 9.99 Å². The SMILES string of the molecule is C[Si](C)(C)C#N.N#Cc1ccc(-c2csc(C3(c4ccccc4)CC3)n2)cn1.O=C(Cl)c1ccccc1.[O-][n+]1cccc(-c2csc(C3(c4ccccc4)CC3)n2)c1.c1ccc(C2(c3nc(-c4cccnc4)cs3)CC2)cc1. The summed E-state index contributed by atoms with van der Waals surface area (Å²) in [5.74, 6) is 0. The zero-order valence-electron chi connectivity index (χ0n) is 43.4. The Morgan fingerprint density at radius 1 is 0.564 bits per heavy atom. The van der Waals surface area contributed by atoms with Crippen LogP contribution in [0.2, 0.25) is 19.6 Å². The van der Waals surface area contributed by atoms with Gasteiger partial charge in [-0.05, 0) is 97.1 Å². The van der Waals surface area contributed by atoms with E-state index in [2.05, 4.69) is 117 Å². The molecule has 0 unspecified atom stereocenters. The molecule has 3 aliphatic carbocycles. The minimum absolute atomic E-state index is 0.104. The van der Waals surface area contributed by atoms with Gasteiger partial charge in [0.05, 0.1) is 22.6 Å². The predicted octanol–water partition coefficient (Wildman–Crippen LogP) is 15.4. The Bertz CT molecular complexity index is 3640. The number of nitrogens with zero attached hydrogens (tertiary/aromatic N) is 8. The molecule has 0 spiro atoms. The number of thiazole rings is 3. The number of benzene rings is 4. The van der Waals surface area contributed by atoms with E-state index in [1.807, 2.05) is 67.6 Å². The maximum atomic E-state index is 11.4. The number of halogens is 1. The van der Waals surface area contributed by atoms with Crippen LogP contribution in [0.25, 0.3) is 33.8 Å². The fraction of sp³-hybridized carbons (Fsp3) is 0.190. The van der Waals surface area contributed by atoms with Crippen molar-refractivity contribution in [1.82, 2.24) is 24.9 Å². The van der Waals surface area contributed by atoms with Gasteiger partial charge in [-0.25, -0.2) is 25.2 Å². The monoisotopic (exact) mass is 1110 g/mol. The van der Waals surface area contributed by atoms with Gasteiger partial charge in [0.15, 0.2) is 20.5 Å². The summed E-state index contributed by atoms with van der Waals surface area (Å²) in [6.07, 6.45) is 15.5. The summed E-state index contributed by atoms with van der Waals surface area (Å²) < 4.78 is 0.818. The van der Waals surface area contributed by atoms with Crippen molar-refractivity contribution in [2.75, 3.05) is 0 Å². The molecular weight excluding hydrogens is 1060 g/mol. The van der Waals surface area contributed by atoms with E-state index >= 15 is 0 Å². The molecule has 0 atom stereocenters. The van der Waals surface area contributed by atoms with Gasteiger partial charge in [-0.15, -0.1) is 34.0 Å². The first-order chi connectivity index (χ1) is 37.8. The van der Waals surface area contributed by atoms with Crippen molar-refractivity contribution in [3.63, 3.8) is 0 Å². The summed E-state index contributed by atoms with van der Waals surface area (Å²) in [7, 11) is -1.33. The average molecular weight is 1120 g/mol. The summed E-state index contributed by atoms with van der Waals surface area (Å²) in [4.78, 5) is 33.2. The number of aromatic nitrogens is 6. The zero-order chi connectivity index (χ0) is 54.6. The molecule has 6 heterocycles. The molecule has 6 aromatic heterocycles. The van der Waals surface area contributed by atoms with Gasteiger partial charge in [-0.1, -0.05) is 141 Å². The van der Waals surface area contributed by atoms with Gasteiger partial charge in [0.2, 0.25) is 0 Å². The normalized spacial score (nSPS) is 14.5. The first-order valence-electron chi connectivity index (χ1n) is 25.5. The summed E-state index contributed by atoms with van der Waals surface area (Å²) in [6, 6.07) is 54.1. The summed E-state index contributed by atoms with van der Waals surface area (Å²) in [5.41, 5.74) is 13.5. The summed E-state index contributed by atoms with van der Waals surface area (Å²) in [5, 5.41) is 37.9. The Kier molecular flexibility index (Phi) is 17.4. The number of carbonyl (C=O) groups excluding carboxylic acids is 1. The molecule has 78 heavy (non-hydrogen) atoms. The molecule has 10 nitrogen and oxygen atoms in total. The zero-order valence-corrected chi connectivity index (χ0v) is 47.6. The standard InChI is InChI=1S/C18H13N3S.C17H14N2OS.C17H14N2S.C7H5ClO.C4H9NSi/c19-10-15-7-6-13(11-20-15)16-12-22-17(21-16)18(8-9-18)14-4-2-1-3-5-14;20-19-10-4-5-13(11-19)15-12-21-16(18-15)17(8-9-17)14-6-2-1-3-7-14;1-2-6-14(7-3-1)17(8-9-17)16-19-15(12-20-16)13-5-4-10-18-11-13;8-7(9)6-4-2-1-3-5-6;1-6(2,3)4-5/h1-7,11-12H,8-9H2;1-7,10-12H,8-9H2;1-7,10-12H,8-9H2;1-5H;1-3H3. The highest BCUT2D eigenvalue weighted by atomic mass is 35.5. The second-order valence-corrected chi connectivity index (χ2v) is 27.8. The van der Waals surface area contributed by atoms with Crippen molar-refractivity contribution in [2.45, 2.75) is 74.4 Å². The van der Waals surface area contributed by atoms with Gasteiger partial charge in [0.1, 0.15) is 26.8 Å². The predicted molar refractivity (Wildman–Crippen MR) is 317 cm³/mol. The number of carbonyl (C=O) groups is 1. The van der Waals surface area contributed by atoms with Crippen LogP contribution in [0.3, 0.4) is 0 Å². The molecule has 4 aromatic carbocycles. The molecule has 3 aliphatic rings. The lowest BCUT2D eigenvalue weighted by Gasteiger charge is -2.12. The van der Waals surface area contributed by atoms with Crippen LogP contribution >= 0.6 is 45.6 Å². The van der Waals surface area contributed by atoms with E-state index in [1.165, 1.54) is 45.7 Å². The van der Waals surface area contributed by atoms with Crippen LogP contribution in [0.4, 0.5) is 0 Å². The van der Waals surface area contributed by atoms with Crippen LogP contribution in [0.1, 0.15) is 86.3 Å². The van der Waals surface area contributed by atoms with E-state index in [0.29, 0.717) is 11.3 Å². The Morgan fingerprint density at radius 3 is 1.31 bits per heavy atom. The lowest BCUT2D eigenvalue weighted by molar-refractivity contribution is -0.604. The molecule has 0 N–H and O–H groups in total. The molecule has 3 saturated carbocycles. The molecule has 13 rings (SSSR count). The molecule has 0 bridgehead atoms. The van der Waals surface area contributed by atoms with Crippen molar-refractivity contribution in [3.8, 4) is 45.5 Å². The van der Waals surface area contributed by atoms with Gasteiger partial charge in [-0.3, -0.25) is 9.78 Å². The quantitative estimate of drug-likeness (QED) is 0.0563. The number of rotatable bonds is 10. The summed E-state index contributed by atoms with van der Waals surface area (Å²) >= 11 is 10.3. The van der Waals surface area contributed by atoms with E-state index < -0.39 is 13.3 Å². The van der Waals surface area contributed by atoms with Crippen LogP contribution in [0.5, 0.6) is 0 Å². The van der Waals surface area contributed by atoms with E-state index in [9.17, 15) is 10.0 Å². The third-order valence-corrected chi connectivity index (χ3v) is 17.5. The van der Waals surface area contributed by atoms with Crippen molar-refractivity contribution in [1.29, 1.82) is 10.5 Å². The molecule has 0 radical (unpaired) electrons. The molecule has 0 saturated heterocycles. The second kappa shape index (κ2) is 24.7. The fourth-order valence-electron chi connectivity index (χ4n) is 8.70. The van der Waals surface area contributed by atoms with Crippen LogP contribution < -0.4 is 4.73 Å². The third kappa shape index (κ3) is 13.5. The Labute approximate surface area is 473 Å². The first kappa shape index (κ1) is 54.9. The molecule has 3 fully saturated rings. The molecule has 0 aliphatic heterocycles. The van der Waals surface area contributed by atoms with Gasteiger partial charge in [0.25, 0.3) is 5.24 Å². The average Bonchev–Trinajstić information content (AvgIpc) is 4.61. The largest absolute Gasteiger partial charge is 0.619 e. The maximum absolute atomic E-state index is 11.4. The second-order valence-electron chi connectivity index (χ2n) is 20.2. The third-order valence-electron chi connectivity index (χ3n) is 13.5. The Morgan fingerprint density at radius 2 is 0.974 bits per heavy atom. The van der Waals surface area contributed by atoms with Crippen molar-refractivity contribution >= 4 is 58.9 Å². The van der Waals surface area contributed by atoms with Crippen LogP contribution in [-0.2, 0) is 16.2 Å². The molecule has 10 aromatic rings. The number of pyridine rings is 3. The highest BCUT2D eigenvalue weighted by Gasteiger charge is 2.50. The molecule has 0 amide bonds. The topological polar surface area (TPSA) is 156 Å². The maximum Gasteiger partial charge on any atom is 0.252 e. The lowest BCUT2D eigenvalue weighted by atomic mass is 9.97. The Balaban J connectivity index is 0.000000126. The smallest absolute Gasteiger partial charge is 0.252 e. The number of hydrogen-bond acceptors (Lipinski definition) is 12. The van der Waals surface area contributed by atoms with Gasteiger partial charge >= 0.3 is 0 Å². The van der Waals surface area contributed by atoms with Crippen molar-refractivity contribution in [3.05, 3.63) is 253 Å². The van der Waals surface area contributed by atoms with Gasteiger partial charge < -0.3 is 5.21 Å². The van der Waals surface area contributed by atoms with E-state index in [0.717, 1.165) is 69.2 Å². The molecular formula is C63H55ClN8O2S3Si. The van der Waals surface area contributed by atoms with E-state index in [1.54, 1.807) is 89.0 Å². The van der Waals surface area contributed by atoms with Crippen molar-refractivity contribution in [2.24, 2.45) is 0 Å². The van der Waals surface area contributed by atoms with E-state index in [4.69, 9.17) is 37.1 Å². The van der Waals surface area contributed by atoms with E-state index in [-0.39, 0.29) is 16.2 Å². The lowest BCUT2D eigenvalue weighted by Crippen LogP contribution is -2.23. The number of nitriles is 2. The first-order valence-corrected chi connectivity index (χ1v) is 32.0. The molecule has 388 valence electrons. The number of hydrogen-bond donors (Lipinski definition) is 0. The Hall–Kier alpha value is -7.82. The molecule has 15 heteroatoms. The highest BCUT2D eigenvalue weighted by molar-refractivity contribution is 7.10. The van der Waals surface area contributed by atoms with Crippen LogP contribution in [-0.4, -0.2) is 38.2 Å². The fourth-order valence-corrected chi connectivity index (χ4v) is 12.2. The van der Waals surface area contributed by atoms with Gasteiger partial charge in [0, 0.05) is 79.4 Å². The minimum Gasteiger partial charge on any atom is -0.619 e. The van der Waals surface area contributed by atoms with Crippen molar-refractivity contribution < 1.29 is 9.52 Å². The highest BCUT2D eigenvalue weighted by Crippen LogP contribution is 2.56. The minimum atomic E-state index is -1.33.